The Hall–Kier alpha value is -6.28. The number of urea groups is 2. The highest BCUT2D eigenvalue weighted by molar-refractivity contribution is 6.74. The summed E-state index contributed by atoms with van der Waals surface area (Å²) in [5.74, 6) is 0.521. The first-order valence-corrected chi connectivity index (χ1v) is 38.8. The number of nitrogen functional groups attached to an aromatic ring is 1. The zero-order valence-corrected chi connectivity index (χ0v) is 59.8. The summed E-state index contributed by atoms with van der Waals surface area (Å²) in [6.07, 6.45) is 19.1. The maximum Gasteiger partial charge on any atom is 0.318 e. The summed E-state index contributed by atoms with van der Waals surface area (Å²) in [5.41, 5.74) is 15.4. The third-order valence-electron chi connectivity index (χ3n) is 17.9. The van der Waals surface area contributed by atoms with Gasteiger partial charge >= 0.3 is 12.1 Å². The average molecular weight is 1300 g/mol. The van der Waals surface area contributed by atoms with Gasteiger partial charge in [0.15, 0.2) is 16.6 Å². The first kappa shape index (κ1) is 70.6. The van der Waals surface area contributed by atoms with Gasteiger partial charge in [-0.1, -0.05) is 78.6 Å². The van der Waals surface area contributed by atoms with Crippen molar-refractivity contribution >= 4 is 57.6 Å². The Kier molecular flexibility index (Phi) is 23.1. The quantitative estimate of drug-likeness (QED) is 0.0402. The smallest absolute Gasteiger partial charge is 0.318 e. The number of nitrogens with two attached hydrogens (primary N) is 1. The molecule has 20 nitrogen and oxygen atoms in total. The van der Waals surface area contributed by atoms with Gasteiger partial charge in [0.1, 0.15) is 0 Å². The SMILES string of the molecule is CC(C)(C)OC1CN(C(=O)NC2CCCCc3cc(-c4ccnc(Cl)n4)ccc32)C1.CC(C)(C)OC1CN(C(=O)NC2CCCCc3cc(-c4ccnc(Nc5cnn(CCO[Si](C)(C)C(C)(C)C)c5)n4)ccc32)C1.CC(C)(C)[Si](C)(C)OCCn1cc(N)cn1. The van der Waals surface area contributed by atoms with E-state index in [1.807, 2.05) is 64.5 Å². The molecule has 2 unspecified atom stereocenters. The molecule has 4 amide bonds. The van der Waals surface area contributed by atoms with E-state index < -0.39 is 16.6 Å². The number of nitrogens with zero attached hydrogens (tertiary/aromatic N) is 10. The molecule has 2 aromatic carbocycles. The summed E-state index contributed by atoms with van der Waals surface area (Å²) in [7, 11) is -3.41. The Morgan fingerprint density at radius 2 is 1.05 bits per heavy atom. The zero-order valence-electron chi connectivity index (χ0n) is 57.1. The normalized spacial score (nSPS) is 17.5. The number of hydrogen-bond donors (Lipinski definition) is 4. The minimum Gasteiger partial charge on any atom is -0.415 e. The van der Waals surface area contributed by atoms with Crippen LogP contribution in [0.25, 0.3) is 22.5 Å². The molecule has 6 heterocycles. The van der Waals surface area contributed by atoms with Gasteiger partial charge in [-0.3, -0.25) is 9.36 Å². The van der Waals surface area contributed by atoms with E-state index in [0.29, 0.717) is 57.6 Å². The van der Waals surface area contributed by atoms with Crippen LogP contribution in [0, 0.1) is 0 Å². The van der Waals surface area contributed by atoms with Crippen molar-refractivity contribution in [2.24, 2.45) is 0 Å². The van der Waals surface area contributed by atoms with Gasteiger partial charge in [0, 0.05) is 35.9 Å². The van der Waals surface area contributed by atoms with Gasteiger partial charge in [-0.2, -0.15) is 10.2 Å². The maximum absolute atomic E-state index is 13.1. The van der Waals surface area contributed by atoms with Crippen LogP contribution in [0.3, 0.4) is 0 Å². The lowest BCUT2D eigenvalue weighted by Crippen LogP contribution is -2.59. The predicted molar refractivity (Wildman–Crippen MR) is 368 cm³/mol. The fourth-order valence-corrected chi connectivity index (χ4v) is 13.1. The number of hydrogen-bond acceptors (Lipinski definition) is 14. The fourth-order valence-electron chi connectivity index (χ4n) is 10.9. The highest BCUT2D eigenvalue weighted by Crippen LogP contribution is 2.39. The van der Waals surface area contributed by atoms with E-state index in [-0.39, 0.29) is 62.9 Å². The molecule has 91 heavy (non-hydrogen) atoms. The molecule has 23 heteroatoms. The number of anilines is 3. The van der Waals surface area contributed by atoms with Gasteiger partial charge < -0.3 is 49.8 Å². The van der Waals surface area contributed by atoms with Crippen LogP contribution in [-0.4, -0.2) is 141 Å². The van der Waals surface area contributed by atoms with E-state index in [4.69, 9.17) is 40.6 Å². The van der Waals surface area contributed by atoms with Gasteiger partial charge in [-0.05, 0) is 174 Å². The molecule has 4 aromatic heterocycles. The first-order chi connectivity index (χ1) is 42.7. The van der Waals surface area contributed by atoms with Crippen molar-refractivity contribution in [1.29, 1.82) is 0 Å². The van der Waals surface area contributed by atoms with E-state index >= 15 is 0 Å². The monoisotopic (exact) mass is 1300 g/mol. The second-order valence-corrected chi connectivity index (χ2v) is 39.6. The second-order valence-electron chi connectivity index (χ2n) is 29.7. The van der Waals surface area contributed by atoms with Crippen LogP contribution in [0.4, 0.5) is 26.9 Å². The molecule has 496 valence electrons. The molecule has 10 rings (SSSR count). The van der Waals surface area contributed by atoms with E-state index in [2.05, 4.69) is 166 Å². The molecule has 2 fully saturated rings. The molecule has 0 saturated carbocycles. The third kappa shape index (κ3) is 20.4. The van der Waals surface area contributed by atoms with E-state index in [0.717, 1.165) is 86.1 Å². The van der Waals surface area contributed by atoms with Crippen molar-refractivity contribution in [2.45, 2.75) is 219 Å². The molecule has 0 bridgehead atoms. The molecular formula is C68H103ClN14O6Si2. The van der Waals surface area contributed by atoms with Crippen LogP contribution >= 0.6 is 11.6 Å². The number of amides is 4. The number of likely N-dealkylation sites (tertiary alicyclic amines) is 2. The van der Waals surface area contributed by atoms with Crippen molar-refractivity contribution in [2.75, 3.05) is 50.4 Å². The summed E-state index contributed by atoms with van der Waals surface area (Å²) < 4.78 is 28.0. The number of nitrogens with one attached hydrogen (secondary N) is 3. The molecule has 2 atom stereocenters. The lowest BCUT2D eigenvalue weighted by molar-refractivity contribution is -0.111. The topological polar surface area (TPSA) is 227 Å². The highest BCUT2D eigenvalue weighted by atomic mass is 35.5. The maximum atomic E-state index is 13.1. The molecule has 0 radical (unpaired) electrons. The van der Waals surface area contributed by atoms with Crippen LogP contribution in [0.5, 0.6) is 0 Å². The van der Waals surface area contributed by atoms with Gasteiger partial charge in [0.2, 0.25) is 11.2 Å². The number of benzene rings is 2. The van der Waals surface area contributed by atoms with Gasteiger partial charge in [-0.25, -0.2) is 29.5 Å². The standard InChI is InChI=1S/C34H51N7O3Si.C23H29ClN4O2.C11H23N3OSi/c1-33(2,3)44-27-22-40(23-27)32(42)39-30-12-10-9-11-24-19-25(13-14-28(24)30)29-15-16-35-31(38-29)37-26-20-36-41(21-26)17-18-43-45(7,8)34(4,5)6;1-23(2,3)30-17-13-28(14-17)22(29)27-20-7-5-4-6-15-12-16(8-9-18(15)20)19-10-11-25-21(24)26-19;1-11(2,3)16(4,5)15-7-6-14-9-10(12)8-13-14/h13-16,19-21,27,30H,9-12,17-18,22-23H2,1-8H3,(H,39,42)(H,35,37,38);8-12,17,20H,4-7,13-14H2,1-3H3,(H,27,29);8-9H,6-7,12H2,1-5H3. The van der Waals surface area contributed by atoms with Crippen molar-refractivity contribution in [3.8, 4) is 22.5 Å². The Morgan fingerprint density at radius 3 is 1.49 bits per heavy atom. The van der Waals surface area contributed by atoms with E-state index in [9.17, 15) is 9.59 Å². The third-order valence-corrected chi connectivity index (χ3v) is 27.2. The minimum atomic E-state index is -1.79. The number of aromatic nitrogens is 8. The number of halogens is 1. The van der Waals surface area contributed by atoms with Crippen molar-refractivity contribution in [3.05, 3.63) is 113 Å². The first-order valence-electron chi connectivity index (χ1n) is 32.6. The lowest BCUT2D eigenvalue weighted by atomic mass is 9.95. The molecular weight excluding hydrogens is 1200 g/mol. The van der Waals surface area contributed by atoms with E-state index in [1.54, 1.807) is 24.8 Å². The Morgan fingerprint density at radius 1 is 0.604 bits per heavy atom. The summed E-state index contributed by atoms with van der Waals surface area (Å²) in [5, 5.41) is 19.2. The molecule has 2 aliphatic carbocycles. The Bertz CT molecular complexity index is 3370. The number of carbonyl (C=O) groups is 2. The molecule has 2 saturated heterocycles. The van der Waals surface area contributed by atoms with Gasteiger partial charge in [0.25, 0.3) is 0 Å². The van der Waals surface area contributed by atoms with Crippen molar-refractivity contribution in [1.82, 2.24) is 59.9 Å². The van der Waals surface area contributed by atoms with Crippen molar-refractivity contribution in [3.63, 3.8) is 0 Å². The van der Waals surface area contributed by atoms with Crippen molar-refractivity contribution < 1.29 is 27.9 Å². The van der Waals surface area contributed by atoms with E-state index in [1.165, 1.54) is 22.3 Å². The van der Waals surface area contributed by atoms with Crippen LogP contribution in [0.1, 0.15) is 156 Å². The summed E-state index contributed by atoms with van der Waals surface area (Å²) in [4.78, 5) is 47.1. The lowest BCUT2D eigenvalue weighted by Gasteiger charge is -2.42. The summed E-state index contributed by atoms with van der Waals surface area (Å²) >= 11 is 5.96. The number of fused-ring (bicyclic) bond motifs is 2. The summed E-state index contributed by atoms with van der Waals surface area (Å²) in [6, 6.07) is 16.7. The number of ether oxygens (including phenoxy) is 2. The number of aryl methyl sites for hydroxylation is 2. The fraction of sp³-hybridized carbons (Fsp3) is 0.588. The largest absolute Gasteiger partial charge is 0.415 e. The van der Waals surface area contributed by atoms with Crippen LogP contribution in [0.2, 0.25) is 41.5 Å². The van der Waals surface area contributed by atoms with Crippen LogP contribution < -0.4 is 21.7 Å². The average Bonchev–Trinajstić information content (AvgIpc) is 1.84. The molecule has 6 aromatic rings. The molecule has 2 aliphatic heterocycles. The second kappa shape index (κ2) is 29.8. The van der Waals surface area contributed by atoms with Gasteiger partial charge in [-0.15, -0.1) is 0 Å². The van der Waals surface area contributed by atoms with Crippen LogP contribution in [-0.2, 0) is 44.3 Å². The molecule has 0 spiro atoms. The minimum absolute atomic E-state index is 0.00178. The molecule has 4 aliphatic rings. The zero-order chi connectivity index (χ0) is 66.1. The Balaban J connectivity index is 0.000000198. The Labute approximate surface area is 548 Å². The van der Waals surface area contributed by atoms with Gasteiger partial charge in [0.05, 0.1) is 123 Å². The highest BCUT2D eigenvalue weighted by Gasteiger charge is 2.40. The molecule has 5 N–H and O–H groups in total. The number of carbonyl (C=O) groups excluding carboxylic acids is 2. The van der Waals surface area contributed by atoms with Crippen LogP contribution in [0.15, 0.2) is 85.7 Å². The summed E-state index contributed by atoms with van der Waals surface area (Å²) in [6.45, 7) is 40.2. The number of rotatable bonds is 16. The predicted octanol–water partition coefficient (Wildman–Crippen LogP) is 14.3.